The molecule has 4 aromatic carbocycles. The summed E-state index contributed by atoms with van der Waals surface area (Å²) in [5.41, 5.74) is 1.65. The molecule has 0 unspecified atom stereocenters. The molecule has 1 aliphatic rings. The van der Waals surface area contributed by atoms with E-state index in [-0.39, 0.29) is 36.0 Å². The molecular formula is C28H19ClN2O4S. The number of hydrogen-bond acceptors (Lipinski definition) is 5. The van der Waals surface area contributed by atoms with Gasteiger partial charge in [0.1, 0.15) is 6.61 Å². The van der Waals surface area contributed by atoms with Crippen LogP contribution in [0.2, 0.25) is 5.02 Å². The van der Waals surface area contributed by atoms with Crippen molar-refractivity contribution >= 4 is 63.2 Å². The van der Waals surface area contributed by atoms with Gasteiger partial charge in [-0.2, -0.15) is 0 Å². The number of ether oxygens (including phenoxy) is 1. The van der Waals surface area contributed by atoms with Gasteiger partial charge in [0.05, 0.1) is 23.4 Å². The molecule has 0 spiro atoms. The number of imide groups is 1. The lowest BCUT2D eigenvalue weighted by Gasteiger charge is -2.24. The predicted octanol–water partition coefficient (Wildman–Crippen LogP) is 5.74. The van der Waals surface area contributed by atoms with E-state index in [1.807, 2.05) is 36.4 Å². The lowest BCUT2D eigenvalue weighted by atomic mass is 10.0. The molecule has 0 saturated carbocycles. The van der Waals surface area contributed by atoms with Crippen LogP contribution in [-0.2, 0) is 4.74 Å². The van der Waals surface area contributed by atoms with Gasteiger partial charge in [-0.05, 0) is 65.5 Å². The Labute approximate surface area is 217 Å². The Bertz CT molecular complexity index is 1480. The van der Waals surface area contributed by atoms with Gasteiger partial charge in [0, 0.05) is 10.6 Å². The first-order valence-electron chi connectivity index (χ1n) is 11.2. The fourth-order valence-electron chi connectivity index (χ4n) is 4.16. The third kappa shape index (κ3) is 4.34. The summed E-state index contributed by atoms with van der Waals surface area (Å²) in [6.45, 7) is -0.0827. The smallest absolute Gasteiger partial charge is 0.271 e. The maximum Gasteiger partial charge on any atom is 0.271 e. The second-order valence-corrected chi connectivity index (χ2v) is 8.85. The Kier molecular flexibility index (Phi) is 6.50. The molecule has 0 N–H and O–H groups in total. The van der Waals surface area contributed by atoms with Crippen LogP contribution in [0.1, 0.15) is 31.1 Å². The highest BCUT2D eigenvalue weighted by molar-refractivity contribution is 7.80. The molecule has 178 valence electrons. The summed E-state index contributed by atoms with van der Waals surface area (Å²) in [5.74, 6) is -1.14. The lowest BCUT2D eigenvalue weighted by molar-refractivity contribution is 0.0627. The van der Waals surface area contributed by atoms with Gasteiger partial charge in [0.25, 0.3) is 22.9 Å². The third-order valence-corrected chi connectivity index (χ3v) is 6.46. The zero-order valence-corrected chi connectivity index (χ0v) is 20.5. The SMILES string of the molecule is O=C1c2ccccc2C(=O)N1CCOC(=S)N(C(=O)c1cccc2ccccc12)c1ccc(Cl)cc1. The second-order valence-electron chi connectivity index (χ2n) is 8.07. The molecule has 3 amide bonds. The van der Waals surface area contributed by atoms with Crippen molar-refractivity contribution in [2.24, 2.45) is 0 Å². The summed E-state index contributed by atoms with van der Waals surface area (Å²) < 4.78 is 5.76. The summed E-state index contributed by atoms with van der Waals surface area (Å²) in [6.07, 6.45) is 0. The summed E-state index contributed by atoms with van der Waals surface area (Å²) >= 11 is 11.6. The van der Waals surface area contributed by atoms with Gasteiger partial charge in [0.2, 0.25) is 0 Å². The van der Waals surface area contributed by atoms with Crippen LogP contribution in [0.5, 0.6) is 0 Å². The van der Waals surface area contributed by atoms with Crippen LogP contribution < -0.4 is 4.90 Å². The largest absolute Gasteiger partial charge is 0.468 e. The standard InChI is InChI=1S/C28H19ClN2O4S/c29-19-12-14-20(15-13-19)31(27(34)22-11-5-7-18-6-1-2-8-21(18)22)28(36)35-17-16-30-25(32)23-9-3-4-10-24(23)26(30)33/h1-15H,16-17H2. The van der Waals surface area contributed by atoms with Gasteiger partial charge in [-0.3, -0.25) is 19.3 Å². The van der Waals surface area contributed by atoms with Gasteiger partial charge < -0.3 is 4.74 Å². The molecule has 36 heavy (non-hydrogen) atoms. The Hall–Kier alpha value is -4.07. The van der Waals surface area contributed by atoms with E-state index in [1.165, 1.54) is 4.90 Å². The first-order valence-corrected chi connectivity index (χ1v) is 11.9. The van der Waals surface area contributed by atoms with Crippen molar-refractivity contribution in [3.05, 3.63) is 113 Å². The molecule has 0 atom stereocenters. The van der Waals surface area contributed by atoms with E-state index < -0.39 is 0 Å². The first-order chi connectivity index (χ1) is 17.5. The fraction of sp³-hybridized carbons (Fsp3) is 0.0714. The molecule has 1 heterocycles. The number of benzene rings is 4. The van der Waals surface area contributed by atoms with Crippen molar-refractivity contribution in [1.29, 1.82) is 0 Å². The van der Waals surface area contributed by atoms with Crippen LogP contribution in [0.4, 0.5) is 5.69 Å². The highest BCUT2D eigenvalue weighted by atomic mass is 35.5. The molecule has 4 aromatic rings. The number of fused-ring (bicyclic) bond motifs is 2. The second kappa shape index (κ2) is 9.89. The average molecular weight is 515 g/mol. The number of hydrogen-bond donors (Lipinski definition) is 0. The van der Waals surface area contributed by atoms with Gasteiger partial charge in [0.15, 0.2) is 0 Å². The number of nitrogens with zero attached hydrogens (tertiary/aromatic N) is 2. The topological polar surface area (TPSA) is 66.9 Å². The number of anilines is 1. The molecule has 0 fully saturated rings. The molecule has 5 rings (SSSR count). The Morgan fingerprint density at radius 1 is 0.833 bits per heavy atom. The van der Waals surface area contributed by atoms with Crippen molar-refractivity contribution < 1.29 is 19.1 Å². The van der Waals surface area contributed by atoms with E-state index in [9.17, 15) is 14.4 Å². The zero-order valence-electron chi connectivity index (χ0n) is 18.9. The molecular weight excluding hydrogens is 496 g/mol. The van der Waals surface area contributed by atoms with Crippen LogP contribution in [0.25, 0.3) is 10.8 Å². The van der Waals surface area contributed by atoms with Gasteiger partial charge in [-0.15, -0.1) is 0 Å². The van der Waals surface area contributed by atoms with E-state index >= 15 is 0 Å². The van der Waals surface area contributed by atoms with Crippen LogP contribution in [0.15, 0.2) is 91.0 Å². The highest BCUT2D eigenvalue weighted by Crippen LogP contribution is 2.26. The Balaban J connectivity index is 1.38. The van der Waals surface area contributed by atoms with Crippen molar-refractivity contribution in [3.8, 4) is 0 Å². The van der Waals surface area contributed by atoms with Crippen LogP contribution >= 0.6 is 23.8 Å². The van der Waals surface area contributed by atoms with Crippen LogP contribution in [0.3, 0.4) is 0 Å². The minimum absolute atomic E-state index is 0.0105. The van der Waals surface area contributed by atoms with Crippen LogP contribution in [-0.4, -0.2) is 40.9 Å². The minimum Gasteiger partial charge on any atom is -0.468 e. The van der Waals surface area contributed by atoms with Crippen molar-refractivity contribution in [2.45, 2.75) is 0 Å². The average Bonchev–Trinajstić information content (AvgIpc) is 3.14. The summed E-state index contributed by atoms with van der Waals surface area (Å²) in [5, 5.41) is 2.09. The number of carbonyl (C=O) groups is 3. The molecule has 0 aromatic heterocycles. The molecule has 0 saturated heterocycles. The Morgan fingerprint density at radius 3 is 2.14 bits per heavy atom. The Morgan fingerprint density at radius 2 is 1.44 bits per heavy atom. The summed E-state index contributed by atoms with van der Waals surface area (Å²) in [4.78, 5) is 41.4. The van der Waals surface area contributed by atoms with Crippen molar-refractivity contribution in [3.63, 3.8) is 0 Å². The first kappa shape index (κ1) is 23.7. The molecule has 8 heteroatoms. The molecule has 1 aliphatic heterocycles. The summed E-state index contributed by atoms with van der Waals surface area (Å²) in [7, 11) is 0. The molecule has 6 nitrogen and oxygen atoms in total. The van der Waals surface area contributed by atoms with Gasteiger partial charge in [-0.1, -0.05) is 60.1 Å². The molecule has 0 bridgehead atoms. The molecule has 0 radical (unpaired) electrons. The van der Waals surface area contributed by atoms with Crippen molar-refractivity contribution in [2.75, 3.05) is 18.1 Å². The van der Waals surface area contributed by atoms with Crippen molar-refractivity contribution in [1.82, 2.24) is 4.90 Å². The normalized spacial score (nSPS) is 12.5. The fourth-order valence-corrected chi connectivity index (χ4v) is 4.56. The van der Waals surface area contributed by atoms with E-state index in [0.717, 1.165) is 15.7 Å². The zero-order chi connectivity index (χ0) is 25.2. The minimum atomic E-state index is -0.383. The number of rotatable bonds is 5. The maximum atomic E-state index is 13.8. The third-order valence-electron chi connectivity index (χ3n) is 5.91. The maximum absolute atomic E-state index is 13.8. The van der Waals surface area contributed by atoms with Gasteiger partial charge >= 0.3 is 0 Å². The number of amides is 3. The number of thiocarbonyl (C=S) groups is 1. The van der Waals surface area contributed by atoms with E-state index in [2.05, 4.69) is 0 Å². The number of halogens is 1. The van der Waals surface area contributed by atoms with Gasteiger partial charge in [-0.25, -0.2) is 4.90 Å². The molecule has 0 aliphatic carbocycles. The monoisotopic (exact) mass is 514 g/mol. The highest BCUT2D eigenvalue weighted by Gasteiger charge is 2.35. The van der Waals surface area contributed by atoms with Crippen LogP contribution in [0, 0.1) is 0 Å². The van der Waals surface area contributed by atoms with E-state index in [1.54, 1.807) is 54.6 Å². The predicted molar refractivity (Wildman–Crippen MR) is 143 cm³/mol. The van der Waals surface area contributed by atoms with E-state index in [0.29, 0.717) is 27.4 Å². The van der Waals surface area contributed by atoms with E-state index in [4.69, 9.17) is 28.6 Å². The summed E-state index contributed by atoms with van der Waals surface area (Å²) in [6, 6.07) is 26.3. The quantitative estimate of drug-likeness (QED) is 0.251. The lowest BCUT2D eigenvalue weighted by Crippen LogP contribution is -2.39. The number of carbonyl (C=O) groups excluding carboxylic acids is 3.